The van der Waals surface area contributed by atoms with Gasteiger partial charge in [0.1, 0.15) is 5.69 Å². The number of amides is 1. The summed E-state index contributed by atoms with van der Waals surface area (Å²) in [5.41, 5.74) is 1.44. The second kappa shape index (κ2) is 8.89. The van der Waals surface area contributed by atoms with E-state index in [9.17, 15) is 4.79 Å². The average molecular weight is 308 g/mol. The SMILES string of the molecule is CCCNc1ccc(C(=O)NCCN2CCSCC2)nc1. The van der Waals surface area contributed by atoms with Crippen LogP contribution in [0.15, 0.2) is 18.3 Å². The van der Waals surface area contributed by atoms with E-state index in [1.165, 1.54) is 11.5 Å². The van der Waals surface area contributed by atoms with Crippen molar-refractivity contribution in [1.82, 2.24) is 15.2 Å². The number of carbonyl (C=O) groups excluding carboxylic acids is 1. The van der Waals surface area contributed by atoms with Crippen LogP contribution in [0.2, 0.25) is 0 Å². The molecule has 1 saturated heterocycles. The first kappa shape index (κ1) is 16.1. The van der Waals surface area contributed by atoms with E-state index in [1.54, 1.807) is 12.3 Å². The molecular formula is C15H24N4OS. The van der Waals surface area contributed by atoms with Crippen molar-refractivity contribution in [2.45, 2.75) is 13.3 Å². The quantitative estimate of drug-likeness (QED) is 0.803. The first-order valence-electron chi connectivity index (χ1n) is 7.58. The highest BCUT2D eigenvalue weighted by Gasteiger charge is 2.11. The topological polar surface area (TPSA) is 57.3 Å². The number of thioether (sulfide) groups is 1. The Morgan fingerprint density at radius 2 is 2.14 bits per heavy atom. The molecule has 2 rings (SSSR count). The molecule has 0 bridgehead atoms. The summed E-state index contributed by atoms with van der Waals surface area (Å²) in [6.07, 6.45) is 2.78. The van der Waals surface area contributed by atoms with Crippen LogP contribution in [0, 0.1) is 0 Å². The fraction of sp³-hybridized carbons (Fsp3) is 0.600. The van der Waals surface area contributed by atoms with Gasteiger partial charge in [0.15, 0.2) is 0 Å². The number of carbonyl (C=O) groups is 1. The van der Waals surface area contributed by atoms with E-state index < -0.39 is 0 Å². The molecule has 1 aromatic heterocycles. The number of nitrogens with one attached hydrogen (secondary N) is 2. The van der Waals surface area contributed by atoms with Gasteiger partial charge in [-0.15, -0.1) is 0 Å². The zero-order valence-corrected chi connectivity index (χ0v) is 13.4. The summed E-state index contributed by atoms with van der Waals surface area (Å²) in [4.78, 5) is 18.6. The molecule has 1 aliphatic rings. The Labute approximate surface area is 130 Å². The lowest BCUT2D eigenvalue weighted by Crippen LogP contribution is -2.39. The van der Waals surface area contributed by atoms with Crippen molar-refractivity contribution in [3.63, 3.8) is 0 Å². The minimum absolute atomic E-state index is 0.0941. The van der Waals surface area contributed by atoms with Crippen LogP contribution >= 0.6 is 11.8 Å². The zero-order chi connectivity index (χ0) is 14.9. The largest absolute Gasteiger partial charge is 0.384 e. The van der Waals surface area contributed by atoms with Gasteiger partial charge in [-0.1, -0.05) is 6.92 Å². The smallest absolute Gasteiger partial charge is 0.269 e. The van der Waals surface area contributed by atoms with Crippen molar-refractivity contribution >= 4 is 23.4 Å². The molecule has 116 valence electrons. The summed E-state index contributed by atoms with van der Waals surface area (Å²) < 4.78 is 0. The monoisotopic (exact) mass is 308 g/mol. The van der Waals surface area contributed by atoms with Gasteiger partial charge in [-0.25, -0.2) is 4.98 Å². The second-order valence-corrected chi connectivity index (χ2v) is 6.29. The first-order chi connectivity index (χ1) is 10.3. The highest BCUT2D eigenvalue weighted by Crippen LogP contribution is 2.08. The third-order valence-corrected chi connectivity index (χ3v) is 4.34. The number of rotatable bonds is 7. The molecule has 1 amide bonds. The van der Waals surface area contributed by atoms with Crippen LogP contribution < -0.4 is 10.6 Å². The van der Waals surface area contributed by atoms with Crippen molar-refractivity contribution in [1.29, 1.82) is 0 Å². The Hall–Kier alpha value is -1.27. The lowest BCUT2D eigenvalue weighted by molar-refractivity contribution is 0.0944. The maximum Gasteiger partial charge on any atom is 0.269 e. The van der Waals surface area contributed by atoms with Crippen molar-refractivity contribution in [3.8, 4) is 0 Å². The van der Waals surface area contributed by atoms with Crippen LogP contribution in [-0.4, -0.2) is 60.0 Å². The van der Waals surface area contributed by atoms with Gasteiger partial charge in [-0.2, -0.15) is 11.8 Å². The Bertz CT molecular complexity index is 432. The Kier molecular flexibility index (Phi) is 6.82. The summed E-state index contributed by atoms with van der Waals surface area (Å²) in [5, 5.41) is 6.18. The predicted molar refractivity (Wildman–Crippen MR) is 89.1 cm³/mol. The second-order valence-electron chi connectivity index (χ2n) is 5.07. The summed E-state index contributed by atoms with van der Waals surface area (Å²) in [6.45, 7) is 6.88. The maximum absolute atomic E-state index is 12.0. The third-order valence-electron chi connectivity index (χ3n) is 3.39. The Balaban J connectivity index is 1.72. The van der Waals surface area contributed by atoms with Gasteiger partial charge < -0.3 is 10.6 Å². The van der Waals surface area contributed by atoms with Gasteiger partial charge in [-0.3, -0.25) is 9.69 Å². The van der Waals surface area contributed by atoms with Gasteiger partial charge in [0.25, 0.3) is 5.91 Å². The molecule has 6 heteroatoms. The molecule has 0 unspecified atom stereocenters. The molecule has 0 atom stereocenters. The van der Waals surface area contributed by atoms with Gasteiger partial charge in [-0.05, 0) is 18.6 Å². The van der Waals surface area contributed by atoms with Gasteiger partial charge >= 0.3 is 0 Å². The number of nitrogens with zero attached hydrogens (tertiary/aromatic N) is 2. The van der Waals surface area contributed by atoms with Crippen LogP contribution in [0.25, 0.3) is 0 Å². The molecule has 1 fully saturated rings. The normalized spacial score (nSPS) is 15.7. The Morgan fingerprint density at radius 3 is 2.81 bits per heavy atom. The van der Waals surface area contributed by atoms with E-state index in [4.69, 9.17) is 0 Å². The molecule has 0 aromatic carbocycles. The molecule has 1 aliphatic heterocycles. The average Bonchev–Trinajstić information content (AvgIpc) is 2.54. The summed E-state index contributed by atoms with van der Waals surface area (Å²) >= 11 is 2.00. The van der Waals surface area contributed by atoms with E-state index in [0.29, 0.717) is 12.2 Å². The minimum Gasteiger partial charge on any atom is -0.384 e. The van der Waals surface area contributed by atoms with E-state index in [1.807, 2.05) is 17.8 Å². The van der Waals surface area contributed by atoms with E-state index in [2.05, 4.69) is 27.4 Å². The molecule has 0 spiro atoms. The first-order valence-corrected chi connectivity index (χ1v) is 8.73. The molecular weight excluding hydrogens is 284 g/mol. The van der Waals surface area contributed by atoms with Crippen molar-refractivity contribution in [2.75, 3.05) is 49.5 Å². The molecule has 21 heavy (non-hydrogen) atoms. The number of hydrogen-bond acceptors (Lipinski definition) is 5. The van der Waals surface area contributed by atoms with Crippen LogP contribution in [0.1, 0.15) is 23.8 Å². The fourth-order valence-electron chi connectivity index (χ4n) is 2.14. The van der Waals surface area contributed by atoms with Crippen LogP contribution in [-0.2, 0) is 0 Å². The molecule has 0 aliphatic carbocycles. The van der Waals surface area contributed by atoms with E-state index in [-0.39, 0.29) is 5.91 Å². The van der Waals surface area contributed by atoms with Gasteiger partial charge in [0, 0.05) is 44.2 Å². The maximum atomic E-state index is 12.0. The van der Waals surface area contributed by atoms with Crippen LogP contribution in [0.4, 0.5) is 5.69 Å². The molecule has 0 radical (unpaired) electrons. The molecule has 2 heterocycles. The van der Waals surface area contributed by atoms with Gasteiger partial charge in [0.2, 0.25) is 0 Å². The van der Waals surface area contributed by atoms with Crippen LogP contribution in [0.3, 0.4) is 0 Å². The summed E-state index contributed by atoms with van der Waals surface area (Å²) in [5.74, 6) is 2.30. The summed E-state index contributed by atoms with van der Waals surface area (Å²) in [6, 6.07) is 3.67. The molecule has 5 nitrogen and oxygen atoms in total. The molecule has 0 saturated carbocycles. The zero-order valence-electron chi connectivity index (χ0n) is 12.6. The lowest BCUT2D eigenvalue weighted by atomic mass is 10.3. The Morgan fingerprint density at radius 1 is 1.33 bits per heavy atom. The van der Waals surface area contributed by atoms with E-state index in [0.717, 1.165) is 38.3 Å². The lowest BCUT2D eigenvalue weighted by Gasteiger charge is -2.25. The molecule has 1 aromatic rings. The van der Waals surface area contributed by atoms with Crippen LogP contribution in [0.5, 0.6) is 0 Å². The van der Waals surface area contributed by atoms with Crippen molar-refractivity contribution in [3.05, 3.63) is 24.0 Å². The standard InChI is InChI=1S/C15H24N4OS/c1-2-5-16-13-3-4-14(18-12-13)15(20)17-6-7-19-8-10-21-11-9-19/h3-4,12,16H,2,5-11H2,1H3,(H,17,20). The highest BCUT2D eigenvalue weighted by atomic mass is 32.2. The number of aromatic nitrogens is 1. The minimum atomic E-state index is -0.0941. The van der Waals surface area contributed by atoms with Gasteiger partial charge in [0.05, 0.1) is 11.9 Å². The summed E-state index contributed by atoms with van der Waals surface area (Å²) in [7, 11) is 0. The predicted octanol–water partition coefficient (Wildman–Crippen LogP) is 1.68. The highest BCUT2D eigenvalue weighted by molar-refractivity contribution is 7.99. The third kappa shape index (κ3) is 5.55. The number of anilines is 1. The van der Waals surface area contributed by atoms with E-state index >= 15 is 0 Å². The van der Waals surface area contributed by atoms with Crippen molar-refractivity contribution < 1.29 is 4.79 Å². The van der Waals surface area contributed by atoms with Crippen molar-refractivity contribution in [2.24, 2.45) is 0 Å². The fourth-order valence-corrected chi connectivity index (χ4v) is 3.12. The number of pyridine rings is 1. The number of hydrogen-bond donors (Lipinski definition) is 2. The molecule has 2 N–H and O–H groups in total.